The van der Waals surface area contributed by atoms with Gasteiger partial charge in [0.25, 0.3) is 0 Å². The number of hydrogen-bond donors (Lipinski definition) is 0. The molecule has 0 spiro atoms. The lowest BCUT2D eigenvalue weighted by Gasteiger charge is -2.05. The van der Waals surface area contributed by atoms with Gasteiger partial charge in [-0.15, -0.1) is 0 Å². The van der Waals surface area contributed by atoms with E-state index in [9.17, 15) is 18.0 Å². The first-order valence-corrected chi connectivity index (χ1v) is 3.01. The monoisotopic (exact) mass is 189 g/mol. The van der Waals surface area contributed by atoms with Gasteiger partial charge in [-0.05, 0) is 0 Å². The first kappa shape index (κ1) is 9.34. The van der Waals surface area contributed by atoms with Crippen LogP contribution >= 0.6 is 0 Å². The number of isocyanates is 1. The number of alkyl halides is 3. The number of carbonyl (C=O) groups excluding carboxylic acids is 1. The van der Waals surface area contributed by atoms with E-state index >= 15 is 0 Å². The summed E-state index contributed by atoms with van der Waals surface area (Å²) in [5, 5.41) is 0. The lowest BCUT2D eigenvalue weighted by atomic mass is 10.3. The van der Waals surface area contributed by atoms with Gasteiger partial charge in [-0.1, -0.05) is 0 Å². The van der Waals surface area contributed by atoms with Gasteiger partial charge in [0.2, 0.25) is 6.08 Å². The van der Waals surface area contributed by atoms with Gasteiger partial charge in [0, 0.05) is 0 Å². The topological polar surface area (TPSA) is 55.2 Å². The molecule has 13 heavy (non-hydrogen) atoms. The van der Waals surface area contributed by atoms with Crippen LogP contribution in [0.5, 0.6) is 0 Å². The zero-order valence-corrected chi connectivity index (χ0v) is 6.04. The Morgan fingerprint density at radius 3 is 2.69 bits per heavy atom. The summed E-state index contributed by atoms with van der Waals surface area (Å²) in [5.74, 6) is 0. The van der Waals surface area contributed by atoms with Crippen molar-refractivity contribution in [2.75, 3.05) is 0 Å². The van der Waals surface area contributed by atoms with Crippen LogP contribution in [0.4, 0.5) is 18.9 Å². The molecule has 0 aliphatic rings. The van der Waals surface area contributed by atoms with Crippen LogP contribution in [-0.2, 0) is 11.0 Å². The molecule has 0 aliphatic heterocycles. The molecule has 1 aromatic heterocycles. The third-order valence-electron chi connectivity index (χ3n) is 1.13. The van der Waals surface area contributed by atoms with E-state index in [1.165, 1.54) is 0 Å². The van der Waals surface area contributed by atoms with E-state index in [4.69, 9.17) is 0 Å². The van der Waals surface area contributed by atoms with Crippen molar-refractivity contribution in [1.82, 2.24) is 9.97 Å². The van der Waals surface area contributed by atoms with Gasteiger partial charge in [-0.2, -0.15) is 18.2 Å². The second-order valence-electron chi connectivity index (χ2n) is 1.96. The van der Waals surface area contributed by atoms with Crippen molar-refractivity contribution in [3.63, 3.8) is 0 Å². The van der Waals surface area contributed by atoms with E-state index < -0.39 is 17.6 Å². The Hall–Kier alpha value is -1.75. The van der Waals surface area contributed by atoms with Crippen molar-refractivity contribution < 1.29 is 18.0 Å². The molecule has 0 unspecified atom stereocenters. The molecule has 0 aromatic carbocycles. The summed E-state index contributed by atoms with van der Waals surface area (Å²) in [6.07, 6.45) is -2.13. The molecule has 0 bridgehead atoms. The van der Waals surface area contributed by atoms with Crippen molar-refractivity contribution in [2.24, 2.45) is 4.99 Å². The van der Waals surface area contributed by atoms with Crippen LogP contribution < -0.4 is 0 Å². The maximum atomic E-state index is 12.1. The average molecular weight is 189 g/mol. The fourth-order valence-electron chi connectivity index (χ4n) is 0.672. The van der Waals surface area contributed by atoms with Gasteiger partial charge in [0.05, 0.1) is 6.20 Å². The predicted octanol–water partition coefficient (Wildman–Crippen LogP) is 1.46. The minimum absolute atomic E-state index is 0.634. The molecular weight excluding hydrogens is 187 g/mol. The quantitative estimate of drug-likeness (QED) is 0.496. The van der Waals surface area contributed by atoms with Gasteiger partial charge in [0.1, 0.15) is 12.0 Å². The molecule has 0 N–H and O–H groups in total. The highest BCUT2D eigenvalue weighted by Gasteiger charge is 2.35. The SMILES string of the molecule is O=C=Nc1cncnc1C(F)(F)F. The summed E-state index contributed by atoms with van der Waals surface area (Å²) in [5.41, 5.74) is -1.88. The molecule has 4 nitrogen and oxygen atoms in total. The highest BCUT2D eigenvalue weighted by atomic mass is 19.4. The van der Waals surface area contributed by atoms with Gasteiger partial charge in [0.15, 0.2) is 5.69 Å². The third-order valence-corrected chi connectivity index (χ3v) is 1.13. The van der Waals surface area contributed by atoms with Crippen LogP contribution in [0.2, 0.25) is 0 Å². The van der Waals surface area contributed by atoms with Crippen LogP contribution in [0.1, 0.15) is 5.69 Å². The van der Waals surface area contributed by atoms with E-state index in [0.29, 0.717) is 0 Å². The summed E-state index contributed by atoms with van der Waals surface area (Å²) in [6.45, 7) is 0. The Morgan fingerprint density at radius 1 is 1.46 bits per heavy atom. The van der Waals surface area contributed by atoms with Crippen LogP contribution in [0.15, 0.2) is 17.5 Å². The standard InChI is InChI=1S/C6H2F3N3O/c7-6(8,9)5-4(12-3-13)1-10-2-11-5/h1-2H. The summed E-state index contributed by atoms with van der Waals surface area (Å²) in [7, 11) is 0. The molecule has 68 valence electrons. The fourth-order valence-corrected chi connectivity index (χ4v) is 0.672. The van der Waals surface area contributed by atoms with Crippen molar-refractivity contribution >= 4 is 11.8 Å². The zero-order valence-electron chi connectivity index (χ0n) is 6.04. The first-order chi connectivity index (χ1) is 6.05. The Labute approximate surface area is 70.2 Å². The molecule has 0 amide bonds. The van der Waals surface area contributed by atoms with E-state index in [0.717, 1.165) is 18.6 Å². The molecule has 0 saturated heterocycles. The molecular formula is C6H2F3N3O. The van der Waals surface area contributed by atoms with Crippen LogP contribution in [-0.4, -0.2) is 16.0 Å². The number of hydrogen-bond acceptors (Lipinski definition) is 4. The van der Waals surface area contributed by atoms with Gasteiger partial charge in [-0.25, -0.2) is 14.8 Å². The first-order valence-electron chi connectivity index (χ1n) is 3.01. The maximum absolute atomic E-state index is 12.1. The van der Waals surface area contributed by atoms with E-state index in [2.05, 4.69) is 15.0 Å². The third kappa shape index (κ3) is 2.09. The van der Waals surface area contributed by atoms with Crippen molar-refractivity contribution in [2.45, 2.75) is 6.18 Å². The summed E-state index contributed by atoms with van der Waals surface area (Å²) < 4.78 is 36.3. The summed E-state index contributed by atoms with van der Waals surface area (Å²) in [6, 6.07) is 0. The van der Waals surface area contributed by atoms with Gasteiger partial charge in [-0.3, -0.25) is 0 Å². The minimum atomic E-state index is -4.64. The number of halogens is 3. The lowest BCUT2D eigenvalue weighted by molar-refractivity contribution is -0.140. The molecule has 0 atom stereocenters. The summed E-state index contributed by atoms with van der Waals surface area (Å²) >= 11 is 0. The molecule has 0 fully saturated rings. The normalized spacial score (nSPS) is 10.7. The van der Waals surface area contributed by atoms with E-state index in [1.54, 1.807) is 0 Å². The van der Waals surface area contributed by atoms with Crippen molar-refractivity contribution in [1.29, 1.82) is 0 Å². The van der Waals surface area contributed by atoms with Crippen molar-refractivity contribution in [3.05, 3.63) is 18.2 Å². The molecule has 1 heterocycles. The Morgan fingerprint density at radius 2 is 2.15 bits per heavy atom. The van der Waals surface area contributed by atoms with E-state index in [1.807, 2.05) is 0 Å². The van der Waals surface area contributed by atoms with Crippen LogP contribution in [0, 0.1) is 0 Å². The Bertz CT molecular complexity index is 356. The van der Waals surface area contributed by atoms with Crippen molar-refractivity contribution in [3.8, 4) is 0 Å². The molecule has 7 heteroatoms. The lowest BCUT2D eigenvalue weighted by Crippen LogP contribution is -2.08. The average Bonchev–Trinajstić information content (AvgIpc) is 2.04. The smallest absolute Gasteiger partial charge is 0.243 e. The predicted molar refractivity (Wildman–Crippen MR) is 34.8 cm³/mol. The number of rotatable bonds is 1. The van der Waals surface area contributed by atoms with Crippen LogP contribution in [0.25, 0.3) is 0 Å². The largest absolute Gasteiger partial charge is 0.435 e. The highest BCUT2D eigenvalue weighted by Crippen LogP contribution is 2.33. The number of aromatic nitrogens is 2. The second kappa shape index (κ2) is 3.32. The molecule has 0 radical (unpaired) electrons. The maximum Gasteiger partial charge on any atom is 0.435 e. The molecule has 0 saturated carbocycles. The summed E-state index contributed by atoms with van der Waals surface area (Å²) in [4.78, 5) is 18.8. The number of aliphatic imine (C=N–C) groups is 1. The molecule has 1 aromatic rings. The molecule has 1 rings (SSSR count). The minimum Gasteiger partial charge on any atom is -0.243 e. The highest BCUT2D eigenvalue weighted by molar-refractivity contribution is 5.50. The van der Waals surface area contributed by atoms with E-state index in [-0.39, 0.29) is 0 Å². The van der Waals surface area contributed by atoms with Gasteiger partial charge >= 0.3 is 6.18 Å². The Balaban J connectivity index is 3.27. The second-order valence-corrected chi connectivity index (χ2v) is 1.96. The molecule has 0 aliphatic carbocycles. The van der Waals surface area contributed by atoms with Gasteiger partial charge < -0.3 is 0 Å². The number of nitrogens with zero attached hydrogens (tertiary/aromatic N) is 3. The Kier molecular flexibility index (Phi) is 2.39. The fraction of sp³-hybridized carbons (Fsp3) is 0.167. The van der Waals surface area contributed by atoms with Crippen LogP contribution in [0.3, 0.4) is 0 Å². The zero-order chi connectivity index (χ0) is 9.90.